The summed E-state index contributed by atoms with van der Waals surface area (Å²) in [4.78, 5) is 19.1. The zero-order chi connectivity index (χ0) is 20.8. The van der Waals surface area contributed by atoms with Gasteiger partial charge < -0.3 is 15.0 Å². The summed E-state index contributed by atoms with van der Waals surface area (Å²) in [6.45, 7) is 0.520. The van der Waals surface area contributed by atoms with Gasteiger partial charge in [-0.1, -0.05) is 35.9 Å². The first-order valence-corrected chi connectivity index (χ1v) is 10.5. The van der Waals surface area contributed by atoms with Crippen LogP contribution in [0.1, 0.15) is 17.3 Å². The molecule has 2 aromatic carbocycles. The second-order valence-corrected chi connectivity index (χ2v) is 8.18. The maximum Gasteiger partial charge on any atom is 0.226 e. The molecule has 1 amide bonds. The summed E-state index contributed by atoms with van der Waals surface area (Å²) in [6, 6.07) is 15.5. The van der Waals surface area contributed by atoms with E-state index in [9.17, 15) is 4.79 Å². The number of carbonyl (C=O) groups is 1. The molecule has 0 saturated heterocycles. The molecule has 152 valence electrons. The number of carbonyl (C=O) groups excluding carboxylic acids is 1. The monoisotopic (exact) mass is 429 g/mol. The van der Waals surface area contributed by atoms with Crippen molar-refractivity contribution in [1.82, 2.24) is 15.2 Å². The number of likely N-dealkylation sites (N-methyl/N-ethyl adjacent to an activating group) is 1. The van der Waals surface area contributed by atoms with Crippen molar-refractivity contribution in [2.45, 2.75) is 12.5 Å². The van der Waals surface area contributed by atoms with Crippen LogP contribution in [0, 0.1) is 0 Å². The Labute approximate surface area is 180 Å². The van der Waals surface area contributed by atoms with Crippen LogP contribution in [-0.2, 0) is 11.2 Å². The van der Waals surface area contributed by atoms with E-state index in [1.54, 1.807) is 7.11 Å². The number of nitrogens with zero attached hydrogens (tertiary/aromatic N) is 2. The quantitative estimate of drug-likeness (QED) is 0.575. The van der Waals surface area contributed by atoms with E-state index in [4.69, 9.17) is 16.3 Å². The summed E-state index contributed by atoms with van der Waals surface area (Å²) >= 11 is 7.46. The molecule has 1 atom stereocenters. The first kappa shape index (κ1) is 21.3. The van der Waals surface area contributed by atoms with E-state index in [-0.39, 0.29) is 18.4 Å². The van der Waals surface area contributed by atoms with Gasteiger partial charge in [0.2, 0.25) is 5.91 Å². The highest BCUT2D eigenvalue weighted by Crippen LogP contribution is 2.25. The van der Waals surface area contributed by atoms with Crippen molar-refractivity contribution in [2.24, 2.45) is 0 Å². The third-order valence-electron chi connectivity index (χ3n) is 4.60. The normalized spacial score (nSPS) is 12.0. The van der Waals surface area contributed by atoms with Crippen LogP contribution in [0.4, 0.5) is 0 Å². The molecule has 0 radical (unpaired) electrons. The number of halogens is 1. The molecule has 1 N–H and O–H groups in total. The fourth-order valence-electron chi connectivity index (χ4n) is 2.98. The standard InChI is InChI=1S/C22H24ClN3O2S/c1-26(2)20(15-6-10-19(28-3)11-7-15)13-24-21(27)12-18-14-29-22(25-18)16-4-8-17(23)9-5-16/h4-11,14,20H,12-13H2,1-3H3,(H,24,27). The van der Waals surface area contributed by atoms with Crippen molar-refractivity contribution in [3.63, 3.8) is 0 Å². The van der Waals surface area contributed by atoms with Crippen molar-refractivity contribution in [2.75, 3.05) is 27.7 Å². The molecule has 0 saturated carbocycles. The second kappa shape index (κ2) is 9.87. The number of rotatable bonds is 8. The molecule has 3 rings (SSSR count). The average molecular weight is 430 g/mol. The van der Waals surface area contributed by atoms with E-state index in [1.807, 2.05) is 68.0 Å². The van der Waals surface area contributed by atoms with Gasteiger partial charge in [0.25, 0.3) is 0 Å². The van der Waals surface area contributed by atoms with E-state index < -0.39 is 0 Å². The van der Waals surface area contributed by atoms with Gasteiger partial charge in [-0.3, -0.25) is 4.79 Å². The van der Waals surface area contributed by atoms with Gasteiger partial charge in [0.05, 0.1) is 25.3 Å². The fourth-order valence-corrected chi connectivity index (χ4v) is 3.93. The van der Waals surface area contributed by atoms with Crippen molar-refractivity contribution < 1.29 is 9.53 Å². The Kier molecular flexibility index (Phi) is 7.25. The minimum atomic E-state index is -0.0432. The average Bonchev–Trinajstić information content (AvgIpc) is 3.17. The van der Waals surface area contributed by atoms with E-state index >= 15 is 0 Å². The number of ether oxygens (including phenoxy) is 1. The molecule has 3 aromatic rings. The van der Waals surface area contributed by atoms with E-state index in [2.05, 4.69) is 15.2 Å². The third-order valence-corrected chi connectivity index (χ3v) is 5.79. The summed E-state index contributed by atoms with van der Waals surface area (Å²) in [5.74, 6) is 0.772. The predicted octanol–water partition coefficient (Wildman–Crippen LogP) is 4.43. The van der Waals surface area contributed by atoms with Crippen LogP contribution >= 0.6 is 22.9 Å². The lowest BCUT2D eigenvalue weighted by Crippen LogP contribution is -2.35. The van der Waals surface area contributed by atoms with Gasteiger partial charge in [-0.15, -0.1) is 11.3 Å². The van der Waals surface area contributed by atoms with Gasteiger partial charge >= 0.3 is 0 Å². The first-order valence-electron chi connectivity index (χ1n) is 9.23. The lowest BCUT2D eigenvalue weighted by atomic mass is 10.1. The lowest BCUT2D eigenvalue weighted by molar-refractivity contribution is -0.120. The van der Waals surface area contributed by atoms with E-state index in [0.29, 0.717) is 11.6 Å². The second-order valence-electron chi connectivity index (χ2n) is 6.88. The zero-order valence-electron chi connectivity index (χ0n) is 16.7. The van der Waals surface area contributed by atoms with Crippen LogP contribution < -0.4 is 10.1 Å². The Morgan fingerprint density at radius 3 is 2.48 bits per heavy atom. The van der Waals surface area contributed by atoms with Gasteiger partial charge in [0, 0.05) is 22.5 Å². The number of amides is 1. The molecular weight excluding hydrogens is 406 g/mol. The van der Waals surface area contributed by atoms with Crippen molar-refractivity contribution in [1.29, 1.82) is 0 Å². The molecule has 0 spiro atoms. The number of aromatic nitrogens is 1. The number of nitrogens with one attached hydrogen (secondary N) is 1. The van der Waals surface area contributed by atoms with Crippen LogP contribution in [0.2, 0.25) is 5.02 Å². The number of benzene rings is 2. The van der Waals surface area contributed by atoms with Crippen LogP contribution in [-0.4, -0.2) is 43.5 Å². The maximum atomic E-state index is 12.5. The van der Waals surface area contributed by atoms with Crippen molar-refractivity contribution in [3.8, 4) is 16.3 Å². The number of hydrogen-bond donors (Lipinski definition) is 1. The minimum absolute atomic E-state index is 0.0432. The molecule has 7 heteroatoms. The van der Waals surface area contributed by atoms with Crippen LogP contribution in [0.3, 0.4) is 0 Å². The Morgan fingerprint density at radius 2 is 1.86 bits per heavy atom. The van der Waals surface area contributed by atoms with Gasteiger partial charge in [-0.25, -0.2) is 4.98 Å². The molecule has 0 bridgehead atoms. The molecule has 5 nitrogen and oxygen atoms in total. The topological polar surface area (TPSA) is 54.5 Å². The van der Waals surface area contributed by atoms with Gasteiger partial charge in [-0.05, 0) is 43.9 Å². The Morgan fingerprint density at radius 1 is 1.17 bits per heavy atom. The number of thiazole rings is 1. The molecule has 0 aliphatic carbocycles. The highest BCUT2D eigenvalue weighted by Gasteiger charge is 2.16. The van der Waals surface area contributed by atoms with E-state index in [0.717, 1.165) is 27.6 Å². The molecule has 1 unspecified atom stereocenters. The summed E-state index contributed by atoms with van der Waals surface area (Å²) in [5.41, 5.74) is 2.89. The molecular formula is C22H24ClN3O2S. The summed E-state index contributed by atoms with van der Waals surface area (Å²) < 4.78 is 5.22. The lowest BCUT2D eigenvalue weighted by Gasteiger charge is -2.25. The predicted molar refractivity (Wildman–Crippen MR) is 119 cm³/mol. The highest BCUT2D eigenvalue weighted by molar-refractivity contribution is 7.13. The van der Waals surface area contributed by atoms with Gasteiger partial charge in [-0.2, -0.15) is 0 Å². The number of methoxy groups -OCH3 is 1. The van der Waals surface area contributed by atoms with E-state index in [1.165, 1.54) is 11.3 Å². The number of hydrogen-bond acceptors (Lipinski definition) is 5. The SMILES string of the molecule is COc1ccc(C(CNC(=O)Cc2csc(-c3ccc(Cl)cc3)n2)N(C)C)cc1. The molecule has 1 heterocycles. The fraction of sp³-hybridized carbons (Fsp3) is 0.273. The molecule has 29 heavy (non-hydrogen) atoms. The Hall–Kier alpha value is -2.41. The van der Waals surface area contributed by atoms with Crippen LogP contribution in [0.5, 0.6) is 5.75 Å². The Balaban J connectivity index is 1.58. The van der Waals surface area contributed by atoms with Crippen molar-refractivity contribution >= 4 is 28.8 Å². The molecule has 0 fully saturated rings. The van der Waals surface area contributed by atoms with Gasteiger partial charge in [0.1, 0.15) is 10.8 Å². The molecule has 1 aromatic heterocycles. The highest BCUT2D eigenvalue weighted by atomic mass is 35.5. The summed E-state index contributed by atoms with van der Waals surface area (Å²) in [7, 11) is 5.65. The summed E-state index contributed by atoms with van der Waals surface area (Å²) in [6.07, 6.45) is 0.257. The molecule has 0 aliphatic heterocycles. The van der Waals surface area contributed by atoms with Crippen molar-refractivity contribution in [3.05, 3.63) is 70.2 Å². The first-order chi connectivity index (χ1) is 14.0. The molecule has 0 aliphatic rings. The zero-order valence-corrected chi connectivity index (χ0v) is 18.3. The van der Waals surface area contributed by atoms with Crippen LogP contribution in [0.15, 0.2) is 53.9 Å². The largest absolute Gasteiger partial charge is 0.497 e. The smallest absolute Gasteiger partial charge is 0.226 e. The summed E-state index contributed by atoms with van der Waals surface area (Å²) in [5, 5.41) is 6.53. The maximum absolute atomic E-state index is 12.5. The minimum Gasteiger partial charge on any atom is -0.497 e. The Bertz CT molecular complexity index is 939. The van der Waals surface area contributed by atoms with Crippen LogP contribution in [0.25, 0.3) is 10.6 Å². The van der Waals surface area contributed by atoms with Gasteiger partial charge in [0.15, 0.2) is 0 Å². The third kappa shape index (κ3) is 5.79.